The molecule has 49 heavy (non-hydrogen) atoms. The number of ether oxygens (including phenoxy) is 2. The van der Waals surface area contributed by atoms with E-state index in [0.717, 1.165) is 54.8 Å². The van der Waals surface area contributed by atoms with Crippen LogP contribution in [0.15, 0.2) is 48.6 Å². The maximum Gasteiger partial charge on any atom is 0.416 e. The molecule has 1 aromatic carbocycles. The molecule has 0 saturated heterocycles. The van der Waals surface area contributed by atoms with Gasteiger partial charge >= 0.3 is 12.1 Å². The zero-order valence-electron chi connectivity index (χ0n) is 31.2. The lowest BCUT2D eigenvalue weighted by atomic mass is 9.89. The Morgan fingerprint density at radius 1 is 0.980 bits per heavy atom. The molecule has 0 heterocycles. The van der Waals surface area contributed by atoms with Crippen LogP contribution in [0.4, 0.5) is 13.2 Å². The number of carbonyl (C=O) groups is 1. The summed E-state index contributed by atoms with van der Waals surface area (Å²) in [6.07, 6.45) is 5.61. The fourth-order valence-corrected chi connectivity index (χ4v) is 12.5. The summed E-state index contributed by atoms with van der Waals surface area (Å²) in [4.78, 5) is 11.9. The summed E-state index contributed by atoms with van der Waals surface area (Å²) in [6.45, 7) is 16.8. The van der Waals surface area contributed by atoms with Crippen molar-refractivity contribution in [1.82, 2.24) is 0 Å². The number of hydrogen-bond donors (Lipinski definition) is 1. The molecule has 0 aromatic heterocycles. The first-order valence-electron chi connectivity index (χ1n) is 18.6. The van der Waals surface area contributed by atoms with E-state index in [1.807, 2.05) is 19.9 Å². The van der Waals surface area contributed by atoms with E-state index in [1.54, 1.807) is 0 Å². The summed E-state index contributed by atoms with van der Waals surface area (Å²) >= 11 is 0. The van der Waals surface area contributed by atoms with Crippen molar-refractivity contribution >= 4 is 22.6 Å². The number of rotatable bonds is 22. The van der Waals surface area contributed by atoms with Crippen LogP contribution < -0.4 is 4.74 Å². The summed E-state index contributed by atoms with van der Waals surface area (Å²) in [7, 11) is -4.11. The van der Waals surface area contributed by atoms with E-state index in [1.165, 1.54) is 12.1 Å². The van der Waals surface area contributed by atoms with Crippen molar-refractivity contribution < 1.29 is 41.4 Å². The number of alkyl halides is 3. The van der Waals surface area contributed by atoms with Gasteiger partial charge in [-0.05, 0) is 99.9 Å². The Hall–Kier alpha value is -1.93. The molecule has 1 aliphatic rings. The highest BCUT2D eigenvalue weighted by Gasteiger charge is 2.45. The molecular formula is C38H63F3O6Si2. The molecule has 0 unspecified atom stereocenters. The second kappa shape index (κ2) is 20.8. The van der Waals surface area contributed by atoms with Crippen molar-refractivity contribution in [2.24, 2.45) is 11.8 Å². The van der Waals surface area contributed by atoms with Crippen molar-refractivity contribution in [1.29, 1.82) is 0 Å². The van der Waals surface area contributed by atoms with Crippen molar-refractivity contribution in [3.8, 4) is 5.75 Å². The second-order valence-corrected chi connectivity index (χ2v) is 23.1. The van der Waals surface area contributed by atoms with E-state index in [-0.39, 0.29) is 42.4 Å². The van der Waals surface area contributed by atoms with Crippen LogP contribution in [0.5, 0.6) is 5.75 Å². The maximum atomic E-state index is 13.4. The predicted octanol–water partition coefficient (Wildman–Crippen LogP) is 10.5. The SMILES string of the molecule is CC[Si](CC)(CC)O[C@H](C=C[C@@H]1[C@@H](CC=CCCCC(=O)OC(C)C)[C@@H](O)C[C@H]1O[Si](CC)(CC)CC)COc1cccc(C(F)(F)F)c1. The van der Waals surface area contributed by atoms with E-state index in [2.05, 4.69) is 59.8 Å². The highest BCUT2D eigenvalue weighted by molar-refractivity contribution is 6.74. The molecule has 1 aromatic rings. The Balaban J connectivity index is 2.36. The number of allylic oxidation sites excluding steroid dienone is 2. The van der Waals surface area contributed by atoms with E-state index in [0.29, 0.717) is 25.7 Å². The van der Waals surface area contributed by atoms with Crippen LogP contribution in [-0.4, -0.2) is 58.7 Å². The van der Waals surface area contributed by atoms with Gasteiger partial charge < -0.3 is 23.4 Å². The van der Waals surface area contributed by atoms with Gasteiger partial charge in [0.05, 0.1) is 30.0 Å². The molecule has 5 atom stereocenters. The lowest BCUT2D eigenvalue weighted by molar-refractivity contribution is -0.147. The third kappa shape index (κ3) is 13.6. The Bertz CT molecular complexity index is 1150. The molecule has 0 aliphatic heterocycles. The van der Waals surface area contributed by atoms with Crippen molar-refractivity contribution in [3.63, 3.8) is 0 Å². The highest BCUT2D eigenvalue weighted by Crippen LogP contribution is 2.41. The van der Waals surface area contributed by atoms with Gasteiger partial charge in [0.25, 0.3) is 0 Å². The molecule has 1 fully saturated rings. The Morgan fingerprint density at radius 2 is 1.61 bits per heavy atom. The largest absolute Gasteiger partial charge is 0.491 e. The Kier molecular flexibility index (Phi) is 18.4. The molecule has 0 amide bonds. The minimum absolute atomic E-state index is 0.0715. The summed E-state index contributed by atoms with van der Waals surface area (Å²) in [5, 5.41) is 11.4. The quantitative estimate of drug-likeness (QED) is 0.0555. The van der Waals surface area contributed by atoms with Gasteiger partial charge in [-0.15, -0.1) is 0 Å². The van der Waals surface area contributed by atoms with Crippen LogP contribution in [0.1, 0.15) is 93.1 Å². The lowest BCUT2D eigenvalue weighted by Gasteiger charge is -2.35. The Morgan fingerprint density at radius 3 is 2.18 bits per heavy atom. The number of esters is 1. The van der Waals surface area contributed by atoms with Gasteiger partial charge in [0.2, 0.25) is 0 Å². The first-order valence-corrected chi connectivity index (χ1v) is 23.6. The first kappa shape index (κ1) is 43.2. The predicted molar refractivity (Wildman–Crippen MR) is 197 cm³/mol. The number of benzene rings is 1. The highest BCUT2D eigenvalue weighted by atomic mass is 28.4. The van der Waals surface area contributed by atoms with Crippen LogP contribution in [0.3, 0.4) is 0 Å². The number of aliphatic hydroxyl groups excluding tert-OH is 1. The molecule has 280 valence electrons. The van der Waals surface area contributed by atoms with Crippen LogP contribution in [0, 0.1) is 11.8 Å². The average molecular weight is 729 g/mol. The Labute approximate surface area is 296 Å². The van der Waals surface area contributed by atoms with Crippen LogP contribution in [0.25, 0.3) is 0 Å². The summed E-state index contributed by atoms with van der Waals surface area (Å²) in [5.41, 5.74) is -0.751. The number of carbonyl (C=O) groups excluding carboxylic acids is 1. The number of aliphatic hydroxyl groups is 1. The van der Waals surface area contributed by atoms with Gasteiger partial charge in [0.1, 0.15) is 12.4 Å². The monoisotopic (exact) mass is 728 g/mol. The molecule has 0 spiro atoms. The lowest BCUT2D eigenvalue weighted by Crippen LogP contribution is -2.42. The first-order chi connectivity index (χ1) is 23.2. The van der Waals surface area contributed by atoms with Crippen LogP contribution in [0.2, 0.25) is 36.3 Å². The number of halogens is 3. The second-order valence-electron chi connectivity index (χ2n) is 13.7. The van der Waals surface area contributed by atoms with Crippen molar-refractivity contribution in [3.05, 3.63) is 54.1 Å². The summed E-state index contributed by atoms with van der Waals surface area (Å²) < 4.78 is 65.3. The third-order valence-corrected chi connectivity index (χ3v) is 19.7. The normalized spacial score (nSPS) is 21.2. The van der Waals surface area contributed by atoms with Crippen molar-refractivity contribution in [2.45, 2.75) is 154 Å². The average Bonchev–Trinajstić information content (AvgIpc) is 3.37. The molecule has 0 radical (unpaired) electrons. The topological polar surface area (TPSA) is 74.2 Å². The van der Waals surface area contributed by atoms with Gasteiger partial charge in [-0.1, -0.05) is 71.9 Å². The van der Waals surface area contributed by atoms with E-state index in [4.69, 9.17) is 18.3 Å². The smallest absolute Gasteiger partial charge is 0.416 e. The third-order valence-electron chi connectivity index (χ3n) is 10.4. The van der Waals surface area contributed by atoms with Gasteiger partial charge in [0, 0.05) is 12.3 Å². The summed E-state index contributed by atoms with van der Waals surface area (Å²) in [6, 6.07) is 10.7. The zero-order chi connectivity index (χ0) is 36.7. The van der Waals surface area contributed by atoms with Gasteiger partial charge in [-0.3, -0.25) is 4.79 Å². The number of hydrogen-bond acceptors (Lipinski definition) is 6. The molecule has 1 aliphatic carbocycles. The van der Waals surface area contributed by atoms with Crippen LogP contribution in [-0.2, 0) is 24.6 Å². The van der Waals surface area contributed by atoms with Gasteiger partial charge in [-0.25, -0.2) is 0 Å². The molecule has 1 saturated carbocycles. The van der Waals surface area contributed by atoms with Gasteiger partial charge in [-0.2, -0.15) is 13.2 Å². The maximum absolute atomic E-state index is 13.4. The van der Waals surface area contributed by atoms with Crippen LogP contribution >= 0.6 is 0 Å². The summed E-state index contributed by atoms with van der Waals surface area (Å²) in [5.74, 6) is -0.185. The zero-order valence-corrected chi connectivity index (χ0v) is 33.2. The molecular weight excluding hydrogens is 666 g/mol. The molecule has 0 bridgehead atoms. The van der Waals surface area contributed by atoms with E-state index >= 15 is 0 Å². The fraction of sp³-hybridized carbons (Fsp3) is 0.711. The molecule has 6 nitrogen and oxygen atoms in total. The standard InChI is InChI=1S/C38H63F3O6Si2/c1-9-48(10-2,11-3)46-32(28-44-31-21-19-20-30(26-31)38(39,40)41)24-25-34-33(22-17-15-16-18-23-37(43)45-29(7)8)35(42)27-36(34)47-49(12-4,13-5)14-6/h15,17,19-21,24-26,29,32-36,42H,9-14,16,18,22-23,27-28H2,1-8H3/t32-,33-,34-,35+,36-/m1/s1. The van der Waals surface area contributed by atoms with E-state index < -0.39 is 40.6 Å². The van der Waals surface area contributed by atoms with Crippen molar-refractivity contribution in [2.75, 3.05) is 6.61 Å². The fourth-order valence-electron chi connectivity index (χ4n) is 6.83. The number of unbranched alkanes of at least 4 members (excludes halogenated alkanes) is 1. The molecule has 1 N–H and O–H groups in total. The molecule has 2 rings (SSSR count). The minimum atomic E-state index is -4.46. The molecule has 11 heteroatoms. The van der Waals surface area contributed by atoms with Gasteiger partial charge in [0.15, 0.2) is 16.6 Å². The minimum Gasteiger partial charge on any atom is -0.491 e. The van der Waals surface area contributed by atoms with E-state index in [9.17, 15) is 23.1 Å².